The van der Waals surface area contributed by atoms with Gasteiger partial charge in [0.05, 0.1) is 6.61 Å². The lowest BCUT2D eigenvalue weighted by atomic mass is 9.74. The molecule has 3 rings (SSSR count). The molecule has 0 aromatic heterocycles. The number of rotatable bonds is 8. The number of piperidine rings is 1. The van der Waals surface area contributed by atoms with Crippen molar-refractivity contribution in [3.63, 3.8) is 0 Å². The summed E-state index contributed by atoms with van der Waals surface area (Å²) in [6.45, 7) is 1.91. The number of nitrogens with zero attached hydrogens (tertiary/aromatic N) is 1. The first kappa shape index (κ1) is 18.9. The van der Waals surface area contributed by atoms with Crippen LogP contribution in [-0.4, -0.2) is 49.6 Å². The second-order valence-electron chi connectivity index (χ2n) is 7.61. The fourth-order valence-electron chi connectivity index (χ4n) is 4.60. The van der Waals surface area contributed by atoms with E-state index < -0.39 is 0 Å². The van der Waals surface area contributed by atoms with Crippen LogP contribution in [-0.2, 0) is 20.7 Å². The number of hydrogen-bond acceptors (Lipinski definition) is 3. The quantitative estimate of drug-likeness (QED) is 0.777. The number of aryl methyl sites for hydroxylation is 1. The normalized spacial score (nSPS) is 25.2. The van der Waals surface area contributed by atoms with Gasteiger partial charge in [-0.05, 0) is 31.2 Å². The number of carbonyl (C=O) groups excluding carboxylic acids is 2. The molecule has 5 nitrogen and oxygen atoms in total. The predicted octanol–water partition coefficient (Wildman–Crippen LogP) is 2.54. The minimum absolute atomic E-state index is 0.0457. The van der Waals surface area contributed by atoms with E-state index in [4.69, 9.17) is 4.74 Å². The van der Waals surface area contributed by atoms with Crippen molar-refractivity contribution in [3.8, 4) is 0 Å². The number of carbonyl (C=O) groups is 2. The molecule has 2 fully saturated rings. The molecule has 0 bridgehead atoms. The minimum Gasteiger partial charge on any atom is -0.383 e. The first-order chi connectivity index (χ1) is 12.6. The Morgan fingerprint density at radius 3 is 2.88 bits per heavy atom. The molecule has 1 aliphatic heterocycles. The van der Waals surface area contributed by atoms with Crippen molar-refractivity contribution >= 4 is 11.8 Å². The number of likely N-dealkylation sites (tertiary alicyclic amines) is 1. The molecule has 1 aromatic rings. The van der Waals surface area contributed by atoms with Crippen molar-refractivity contribution in [3.05, 3.63) is 35.9 Å². The molecule has 1 saturated heterocycles. The molecular formula is C21H30N2O3. The van der Waals surface area contributed by atoms with E-state index in [1.165, 1.54) is 5.56 Å². The molecule has 1 aromatic carbocycles. The molecule has 0 radical (unpaired) electrons. The first-order valence-corrected chi connectivity index (χ1v) is 9.74. The summed E-state index contributed by atoms with van der Waals surface area (Å²) in [5.74, 6) is 0.342. The topological polar surface area (TPSA) is 58.6 Å². The average Bonchev–Trinajstić information content (AvgIpc) is 3.09. The molecule has 1 heterocycles. The third-order valence-corrected chi connectivity index (χ3v) is 6.05. The largest absolute Gasteiger partial charge is 0.383 e. The van der Waals surface area contributed by atoms with Crippen LogP contribution in [0.2, 0.25) is 0 Å². The van der Waals surface area contributed by atoms with Crippen molar-refractivity contribution in [1.82, 2.24) is 10.2 Å². The van der Waals surface area contributed by atoms with Crippen LogP contribution in [0.3, 0.4) is 0 Å². The Bertz CT molecular complexity index is 619. The van der Waals surface area contributed by atoms with Gasteiger partial charge in [0.1, 0.15) is 0 Å². The lowest BCUT2D eigenvalue weighted by Gasteiger charge is -2.46. The van der Waals surface area contributed by atoms with Crippen molar-refractivity contribution in [1.29, 1.82) is 0 Å². The van der Waals surface area contributed by atoms with Gasteiger partial charge in [-0.25, -0.2) is 0 Å². The highest BCUT2D eigenvalue weighted by molar-refractivity contribution is 5.78. The van der Waals surface area contributed by atoms with Crippen molar-refractivity contribution in [2.75, 3.05) is 26.8 Å². The number of methoxy groups -OCH3 is 1. The van der Waals surface area contributed by atoms with Crippen LogP contribution in [0, 0.1) is 5.41 Å². The summed E-state index contributed by atoms with van der Waals surface area (Å²) in [6, 6.07) is 10.3. The standard InChI is InChI=1S/C21H30N2O3/c1-26-15-14-23-18-8-5-12-21(18,13-11-20(23)25)16-22-19(24)10-9-17-6-3-2-4-7-17/h2-4,6-7,18H,5,8-16H2,1H3,(H,22,24). The second kappa shape index (κ2) is 8.67. The Morgan fingerprint density at radius 1 is 1.31 bits per heavy atom. The molecule has 2 amide bonds. The molecular weight excluding hydrogens is 328 g/mol. The number of hydrogen-bond donors (Lipinski definition) is 1. The maximum Gasteiger partial charge on any atom is 0.222 e. The molecule has 2 atom stereocenters. The Balaban J connectivity index is 1.55. The van der Waals surface area contributed by atoms with Gasteiger partial charge >= 0.3 is 0 Å². The average molecular weight is 358 g/mol. The molecule has 1 N–H and O–H groups in total. The Hall–Kier alpha value is -1.88. The Morgan fingerprint density at radius 2 is 2.12 bits per heavy atom. The van der Waals surface area contributed by atoms with Crippen molar-refractivity contribution < 1.29 is 14.3 Å². The number of ether oxygens (including phenoxy) is 1. The Kier molecular flexibility index (Phi) is 6.30. The van der Waals surface area contributed by atoms with Gasteiger partial charge in [-0.1, -0.05) is 36.8 Å². The van der Waals surface area contributed by atoms with Gasteiger partial charge < -0.3 is 15.0 Å². The monoisotopic (exact) mass is 358 g/mol. The van der Waals surface area contributed by atoms with Gasteiger partial charge in [-0.2, -0.15) is 0 Å². The first-order valence-electron chi connectivity index (χ1n) is 9.74. The highest BCUT2D eigenvalue weighted by Crippen LogP contribution is 2.47. The van der Waals surface area contributed by atoms with E-state index in [1.54, 1.807) is 7.11 Å². The third-order valence-electron chi connectivity index (χ3n) is 6.05. The van der Waals surface area contributed by atoms with E-state index in [1.807, 2.05) is 23.1 Å². The van der Waals surface area contributed by atoms with Crippen LogP contribution in [0.5, 0.6) is 0 Å². The van der Waals surface area contributed by atoms with Crippen molar-refractivity contribution in [2.24, 2.45) is 5.41 Å². The van der Waals surface area contributed by atoms with Gasteiger partial charge in [0.25, 0.3) is 0 Å². The van der Waals surface area contributed by atoms with E-state index in [0.717, 1.165) is 32.1 Å². The smallest absolute Gasteiger partial charge is 0.222 e. The van der Waals surface area contributed by atoms with Crippen LogP contribution in [0.1, 0.15) is 44.1 Å². The SMILES string of the molecule is COCCN1C(=O)CCC2(CNC(=O)CCc3ccccc3)CCCC12. The zero-order valence-corrected chi connectivity index (χ0v) is 15.7. The maximum absolute atomic E-state index is 12.4. The highest BCUT2D eigenvalue weighted by Gasteiger charge is 2.49. The molecule has 1 aliphatic carbocycles. The number of amides is 2. The lowest BCUT2D eigenvalue weighted by Crippen LogP contribution is -2.56. The van der Waals surface area contributed by atoms with E-state index in [2.05, 4.69) is 17.4 Å². The van der Waals surface area contributed by atoms with E-state index >= 15 is 0 Å². The summed E-state index contributed by atoms with van der Waals surface area (Å²) in [7, 11) is 1.67. The van der Waals surface area contributed by atoms with Gasteiger partial charge in [-0.15, -0.1) is 0 Å². The fourth-order valence-corrected chi connectivity index (χ4v) is 4.60. The van der Waals surface area contributed by atoms with Crippen LogP contribution in [0.4, 0.5) is 0 Å². The summed E-state index contributed by atoms with van der Waals surface area (Å²) in [4.78, 5) is 26.7. The van der Waals surface area contributed by atoms with E-state index in [-0.39, 0.29) is 23.3 Å². The summed E-state index contributed by atoms with van der Waals surface area (Å²) >= 11 is 0. The number of nitrogens with one attached hydrogen (secondary N) is 1. The zero-order chi connectivity index (χ0) is 18.4. The summed E-state index contributed by atoms with van der Waals surface area (Å²) in [5.41, 5.74) is 1.23. The van der Waals surface area contributed by atoms with E-state index in [9.17, 15) is 9.59 Å². The van der Waals surface area contributed by atoms with Crippen LogP contribution < -0.4 is 5.32 Å². The molecule has 0 spiro atoms. The van der Waals surface area contributed by atoms with Crippen molar-refractivity contribution in [2.45, 2.75) is 51.0 Å². The lowest BCUT2D eigenvalue weighted by molar-refractivity contribution is -0.142. The summed E-state index contributed by atoms with van der Waals surface area (Å²) in [6.07, 6.45) is 6.00. The Labute approximate surface area is 156 Å². The highest BCUT2D eigenvalue weighted by atomic mass is 16.5. The second-order valence-corrected chi connectivity index (χ2v) is 7.61. The minimum atomic E-state index is 0.0457. The van der Waals surface area contributed by atoms with E-state index in [0.29, 0.717) is 32.5 Å². The van der Waals surface area contributed by atoms with Gasteiger partial charge in [0, 0.05) is 44.5 Å². The van der Waals surface area contributed by atoms with Gasteiger partial charge in [-0.3, -0.25) is 9.59 Å². The molecule has 2 aliphatic rings. The van der Waals surface area contributed by atoms with Crippen LogP contribution in [0.25, 0.3) is 0 Å². The van der Waals surface area contributed by atoms with Crippen LogP contribution in [0.15, 0.2) is 30.3 Å². The maximum atomic E-state index is 12.4. The summed E-state index contributed by atoms with van der Waals surface area (Å²) in [5, 5.41) is 3.17. The van der Waals surface area contributed by atoms with Gasteiger partial charge in [0.2, 0.25) is 11.8 Å². The molecule has 2 unspecified atom stereocenters. The number of fused-ring (bicyclic) bond motifs is 1. The molecule has 1 saturated carbocycles. The zero-order valence-electron chi connectivity index (χ0n) is 15.7. The number of benzene rings is 1. The summed E-state index contributed by atoms with van der Waals surface area (Å²) < 4.78 is 5.18. The predicted molar refractivity (Wildman–Crippen MR) is 101 cm³/mol. The molecule has 142 valence electrons. The van der Waals surface area contributed by atoms with Gasteiger partial charge in [0.15, 0.2) is 0 Å². The molecule has 5 heteroatoms. The fraction of sp³-hybridized carbons (Fsp3) is 0.619. The third kappa shape index (κ3) is 4.26. The molecule has 26 heavy (non-hydrogen) atoms. The van der Waals surface area contributed by atoms with Crippen LogP contribution >= 0.6 is 0 Å².